The van der Waals surface area contributed by atoms with Crippen molar-refractivity contribution in [2.75, 3.05) is 5.32 Å². The third-order valence-electron chi connectivity index (χ3n) is 2.33. The van der Waals surface area contributed by atoms with E-state index in [1.165, 1.54) is 12.1 Å². The fourth-order valence-corrected chi connectivity index (χ4v) is 1.83. The van der Waals surface area contributed by atoms with Crippen LogP contribution >= 0.6 is 11.6 Å². The van der Waals surface area contributed by atoms with Crippen LogP contribution in [-0.4, -0.2) is 15.9 Å². The molecule has 0 atom stereocenters. The molecule has 0 aliphatic heterocycles. The summed E-state index contributed by atoms with van der Waals surface area (Å²) < 4.78 is 13.0. The van der Waals surface area contributed by atoms with Crippen molar-refractivity contribution >= 4 is 23.5 Å². The lowest BCUT2D eigenvalue weighted by molar-refractivity contribution is -0.115. The highest BCUT2D eigenvalue weighted by Crippen LogP contribution is 2.10. The van der Waals surface area contributed by atoms with Gasteiger partial charge in [-0.3, -0.25) is 10.1 Å². The number of aryl methyl sites for hydroxylation is 1. The number of amides is 1. The topological polar surface area (TPSA) is 54.9 Å². The monoisotopic (exact) mass is 279 g/mol. The first kappa shape index (κ1) is 13.4. The maximum absolute atomic E-state index is 13.0. The SMILES string of the molecule is Cc1cc(Cl)nc(NC(=O)Cc2cccc(F)c2)n1. The number of rotatable bonds is 3. The molecule has 0 spiro atoms. The number of nitrogens with zero attached hydrogens (tertiary/aromatic N) is 2. The van der Waals surface area contributed by atoms with Gasteiger partial charge < -0.3 is 0 Å². The van der Waals surface area contributed by atoms with E-state index in [-0.39, 0.29) is 29.2 Å². The van der Waals surface area contributed by atoms with E-state index < -0.39 is 0 Å². The number of carbonyl (C=O) groups excluding carboxylic acids is 1. The summed E-state index contributed by atoms with van der Waals surface area (Å²) >= 11 is 5.76. The second-order valence-electron chi connectivity index (χ2n) is 4.01. The third-order valence-corrected chi connectivity index (χ3v) is 2.52. The van der Waals surface area contributed by atoms with Gasteiger partial charge in [0.25, 0.3) is 0 Å². The minimum Gasteiger partial charge on any atom is -0.294 e. The summed E-state index contributed by atoms with van der Waals surface area (Å²) in [6.07, 6.45) is 0.0483. The van der Waals surface area contributed by atoms with Gasteiger partial charge >= 0.3 is 0 Å². The van der Waals surface area contributed by atoms with Gasteiger partial charge in [0.2, 0.25) is 11.9 Å². The zero-order valence-electron chi connectivity index (χ0n) is 10.2. The average molecular weight is 280 g/mol. The standard InChI is InChI=1S/C13H11ClFN3O/c1-8-5-11(14)17-13(16-8)18-12(19)7-9-3-2-4-10(15)6-9/h2-6H,7H2,1H3,(H,16,17,18,19). The molecule has 0 fully saturated rings. The Bertz CT molecular complexity index is 598. The van der Waals surface area contributed by atoms with Gasteiger partial charge in [-0.25, -0.2) is 14.4 Å². The summed E-state index contributed by atoms with van der Waals surface area (Å²) in [5.41, 5.74) is 1.23. The minimum atomic E-state index is -0.375. The predicted octanol–water partition coefficient (Wildman–Crippen LogP) is 2.76. The maximum atomic E-state index is 13.0. The van der Waals surface area contributed by atoms with Gasteiger partial charge in [-0.1, -0.05) is 23.7 Å². The van der Waals surface area contributed by atoms with Crippen LogP contribution in [0.25, 0.3) is 0 Å². The Morgan fingerprint density at radius 1 is 1.37 bits per heavy atom. The average Bonchev–Trinajstić information content (AvgIpc) is 2.26. The Labute approximate surface area is 114 Å². The number of hydrogen-bond donors (Lipinski definition) is 1. The Morgan fingerprint density at radius 3 is 2.84 bits per heavy atom. The van der Waals surface area contributed by atoms with Crippen LogP contribution in [0.3, 0.4) is 0 Å². The number of carbonyl (C=O) groups is 1. The van der Waals surface area contributed by atoms with E-state index in [0.29, 0.717) is 11.3 Å². The summed E-state index contributed by atoms with van der Waals surface area (Å²) in [6.45, 7) is 1.75. The zero-order chi connectivity index (χ0) is 13.8. The van der Waals surface area contributed by atoms with E-state index in [0.717, 1.165) is 0 Å². The van der Waals surface area contributed by atoms with Crippen molar-refractivity contribution < 1.29 is 9.18 Å². The summed E-state index contributed by atoms with van der Waals surface area (Å²) in [4.78, 5) is 19.7. The fraction of sp³-hybridized carbons (Fsp3) is 0.154. The number of hydrogen-bond acceptors (Lipinski definition) is 3. The van der Waals surface area contributed by atoms with Crippen LogP contribution in [0, 0.1) is 12.7 Å². The smallest absolute Gasteiger partial charge is 0.231 e. The van der Waals surface area contributed by atoms with Gasteiger partial charge in [0, 0.05) is 5.69 Å². The van der Waals surface area contributed by atoms with Gasteiger partial charge in [0.05, 0.1) is 6.42 Å². The Hall–Kier alpha value is -2.01. The van der Waals surface area contributed by atoms with Crippen molar-refractivity contribution in [3.63, 3.8) is 0 Å². The van der Waals surface area contributed by atoms with Crippen LogP contribution in [0.4, 0.5) is 10.3 Å². The molecule has 2 aromatic rings. The lowest BCUT2D eigenvalue weighted by Gasteiger charge is -2.05. The minimum absolute atomic E-state index is 0.0483. The largest absolute Gasteiger partial charge is 0.294 e. The summed E-state index contributed by atoms with van der Waals surface area (Å²) in [5, 5.41) is 2.78. The van der Waals surface area contributed by atoms with E-state index >= 15 is 0 Å². The third kappa shape index (κ3) is 3.99. The van der Waals surface area contributed by atoms with Crippen LogP contribution in [0.5, 0.6) is 0 Å². The molecule has 0 saturated heterocycles. The molecule has 1 heterocycles. The number of aromatic nitrogens is 2. The lowest BCUT2D eigenvalue weighted by atomic mass is 10.1. The first-order valence-electron chi connectivity index (χ1n) is 5.58. The molecule has 4 nitrogen and oxygen atoms in total. The first-order valence-corrected chi connectivity index (χ1v) is 5.96. The van der Waals surface area contributed by atoms with Gasteiger partial charge in [-0.05, 0) is 30.7 Å². The second-order valence-corrected chi connectivity index (χ2v) is 4.40. The molecular formula is C13H11ClFN3O. The Kier molecular flexibility index (Phi) is 4.06. The van der Waals surface area contributed by atoms with Gasteiger partial charge in [-0.15, -0.1) is 0 Å². The van der Waals surface area contributed by atoms with Crippen molar-refractivity contribution in [1.82, 2.24) is 9.97 Å². The molecule has 1 aromatic heterocycles. The van der Waals surface area contributed by atoms with E-state index in [4.69, 9.17) is 11.6 Å². The maximum Gasteiger partial charge on any atom is 0.231 e. The molecule has 1 aromatic carbocycles. The highest BCUT2D eigenvalue weighted by atomic mass is 35.5. The van der Waals surface area contributed by atoms with Crippen LogP contribution in [0.1, 0.15) is 11.3 Å². The van der Waals surface area contributed by atoms with Crippen molar-refractivity contribution in [2.24, 2.45) is 0 Å². The van der Waals surface area contributed by atoms with Gasteiger partial charge in [-0.2, -0.15) is 0 Å². The summed E-state index contributed by atoms with van der Waals surface area (Å²) in [7, 11) is 0. The molecule has 2 rings (SSSR count). The van der Waals surface area contributed by atoms with E-state index in [9.17, 15) is 9.18 Å². The highest BCUT2D eigenvalue weighted by molar-refractivity contribution is 6.29. The van der Waals surface area contributed by atoms with Gasteiger partial charge in [0.1, 0.15) is 11.0 Å². The molecule has 0 radical (unpaired) electrons. The van der Waals surface area contributed by atoms with Crippen LogP contribution in [-0.2, 0) is 11.2 Å². The lowest BCUT2D eigenvalue weighted by Crippen LogP contribution is -2.16. The van der Waals surface area contributed by atoms with Crippen LogP contribution in [0.2, 0.25) is 5.15 Å². The Balaban J connectivity index is 2.05. The molecule has 6 heteroatoms. The normalized spacial score (nSPS) is 10.3. The molecule has 0 unspecified atom stereocenters. The summed E-state index contributed by atoms with van der Waals surface area (Å²) in [5.74, 6) is -0.557. The molecule has 0 saturated carbocycles. The zero-order valence-corrected chi connectivity index (χ0v) is 10.9. The number of anilines is 1. The van der Waals surface area contributed by atoms with Crippen molar-refractivity contribution in [3.05, 3.63) is 52.6 Å². The van der Waals surface area contributed by atoms with Crippen molar-refractivity contribution in [2.45, 2.75) is 13.3 Å². The second kappa shape index (κ2) is 5.75. The van der Waals surface area contributed by atoms with E-state index in [2.05, 4.69) is 15.3 Å². The van der Waals surface area contributed by atoms with Crippen LogP contribution in [0.15, 0.2) is 30.3 Å². The van der Waals surface area contributed by atoms with E-state index in [1.54, 1.807) is 25.1 Å². The quantitative estimate of drug-likeness (QED) is 0.879. The molecule has 19 heavy (non-hydrogen) atoms. The van der Waals surface area contributed by atoms with E-state index in [1.807, 2.05) is 0 Å². The highest BCUT2D eigenvalue weighted by Gasteiger charge is 2.07. The predicted molar refractivity (Wildman–Crippen MR) is 70.5 cm³/mol. The molecule has 98 valence electrons. The number of benzene rings is 1. The fourth-order valence-electron chi connectivity index (χ4n) is 1.59. The van der Waals surface area contributed by atoms with Gasteiger partial charge in [0.15, 0.2) is 0 Å². The van der Waals surface area contributed by atoms with Crippen molar-refractivity contribution in [3.8, 4) is 0 Å². The molecule has 0 bridgehead atoms. The molecule has 1 amide bonds. The summed E-state index contributed by atoms with van der Waals surface area (Å²) in [6, 6.07) is 7.45. The first-order chi connectivity index (χ1) is 9.02. The molecular weight excluding hydrogens is 269 g/mol. The molecule has 0 aliphatic carbocycles. The number of nitrogens with one attached hydrogen (secondary N) is 1. The van der Waals surface area contributed by atoms with Crippen LogP contribution < -0.4 is 5.32 Å². The van der Waals surface area contributed by atoms with Crippen molar-refractivity contribution in [1.29, 1.82) is 0 Å². The molecule has 0 aliphatic rings. The molecule has 1 N–H and O–H groups in total. The Morgan fingerprint density at radius 2 is 2.16 bits per heavy atom. The number of halogens is 2.